The van der Waals surface area contributed by atoms with Gasteiger partial charge in [0.1, 0.15) is 5.75 Å². The van der Waals surface area contributed by atoms with E-state index in [2.05, 4.69) is 49.1 Å². The van der Waals surface area contributed by atoms with Crippen LogP contribution in [0.15, 0.2) is 71.3 Å². The first-order valence-corrected chi connectivity index (χ1v) is 16.4. The van der Waals surface area contributed by atoms with Crippen molar-refractivity contribution in [2.75, 3.05) is 19.7 Å². The lowest BCUT2D eigenvalue weighted by Crippen LogP contribution is -2.47. The summed E-state index contributed by atoms with van der Waals surface area (Å²) in [6.07, 6.45) is 9.29. The number of hydrogen-bond donors (Lipinski definition) is 1. The van der Waals surface area contributed by atoms with E-state index in [9.17, 15) is 14.7 Å². The van der Waals surface area contributed by atoms with Crippen LogP contribution in [0.4, 0.5) is 0 Å². The summed E-state index contributed by atoms with van der Waals surface area (Å²) in [5.41, 5.74) is 6.33. The van der Waals surface area contributed by atoms with Crippen molar-refractivity contribution in [1.82, 2.24) is 9.80 Å². The number of amides is 2. The van der Waals surface area contributed by atoms with Gasteiger partial charge in [0.2, 0.25) is 11.8 Å². The van der Waals surface area contributed by atoms with Crippen LogP contribution in [0.25, 0.3) is 6.08 Å². The van der Waals surface area contributed by atoms with Crippen molar-refractivity contribution in [2.24, 2.45) is 17.8 Å². The van der Waals surface area contributed by atoms with Crippen molar-refractivity contribution >= 4 is 17.9 Å². The lowest BCUT2D eigenvalue weighted by Gasteiger charge is -2.36. The molecule has 0 aromatic heterocycles. The fourth-order valence-electron chi connectivity index (χ4n) is 8.09. The molecule has 4 aliphatic rings. The maximum Gasteiger partial charge on any atom is 0.234 e. The molecule has 0 bridgehead atoms. The number of carbonyl (C=O) groups excluding carboxylic acids is 2. The molecule has 2 aromatic rings. The molecule has 3 heterocycles. The number of rotatable bonds is 10. The Hall–Kier alpha value is -3.22. The number of allylic oxidation sites excluding steroid dienone is 2. The molecule has 1 aliphatic carbocycles. The SMILES string of the molecule is CCCC1=C2[C@@H](CC/C(=C/c3cccc(O)c3)CC)OC[C@@H]2[C@@H]2C(=O)N(C3CCN(Cc4ccccc4)CC3)C(=O)[C@@H]2C1. The number of fused-ring (bicyclic) bond motifs is 3. The summed E-state index contributed by atoms with van der Waals surface area (Å²) in [4.78, 5) is 32.1. The summed E-state index contributed by atoms with van der Waals surface area (Å²) in [5.74, 6) is -0.0926. The van der Waals surface area contributed by atoms with E-state index in [4.69, 9.17) is 4.74 Å². The minimum Gasteiger partial charge on any atom is -0.508 e. The summed E-state index contributed by atoms with van der Waals surface area (Å²) in [6.45, 7) is 7.63. The van der Waals surface area contributed by atoms with E-state index < -0.39 is 0 Å². The van der Waals surface area contributed by atoms with E-state index in [-0.39, 0.29) is 47.5 Å². The minimum atomic E-state index is -0.274. The third-order valence-electron chi connectivity index (χ3n) is 10.2. The number of ether oxygens (including phenoxy) is 1. The molecule has 6 rings (SSSR count). The molecule has 2 aromatic carbocycles. The molecule has 228 valence electrons. The molecular weight excluding hydrogens is 536 g/mol. The van der Waals surface area contributed by atoms with E-state index in [1.807, 2.05) is 18.2 Å². The molecule has 3 saturated heterocycles. The molecule has 0 radical (unpaired) electrons. The molecule has 0 unspecified atom stereocenters. The number of imide groups is 1. The highest BCUT2D eigenvalue weighted by Crippen LogP contribution is 2.51. The number of hydrogen-bond acceptors (Lipinski definition) is 5. The highest BCUT2D eigenvalue weighted by molar-refractivity contribution is 6.06. The van der Waals surface area contributed by atoms with Gasteiger partial charge in [-0.3, -0.25) is 19.4 Å². The predicted molar refractivity (Wildman–Crippen MR) is 169 cm³/mol. The number of piperidine rings is 1. The van der Waals surface area contributed by atoms with Gasteiger partial charge in [-0.25, -0.2) is 0 Å². The maximum absolute atomic E-state index is 14.1. The van der Waals surface area contributed by atoms with Crippen LogP contribution in [-0.2, 0) is 20.9 Å². The zero-order valence-corrected chi connectivity index (χ0v) is 25.7. The topological polar surface area (TPSA) is 70.1 Å². The fraction of sp³-hybridized carbons (Fsp3) is 0.514. The van der Waals surface area contributed by atoms with Gasteiger partial charge >= 0.3 is 0 Å². The first-order valence-electron chi connectivity index (χ1n) is 16.4. The summed E-state index contributed by atoms with van der Waals surface area (Å²) in [6, 6.07) is 17.9. The number of likely N-dealkylation sites (tertiary alicyclic amines) is 2. The van der Waals surface area contributed by atoms with Crippen LogP contribution in [0.2, 0.25) is 0 Å². The number of benzene rings is 2. The van der Waals surface area contributed by atoms with Crippen molar-refractivity contribution in [3.63, 3.8) is 0 Å². The molecule has 1 N–H and O–H groups in total. The van der Waals surface area contributed by atoms with Crippen molar-refractivity contribution < 1.29 is 19.4 Å². The van der Waals surface area contributed by atoms with Gasteiger partial charge in [-0.1, -0.05) is 80.0 Å². The lowest BCUT2D eigenvalue weighted by atomic mass is 9.68. The average Bonchev–Trinajstić information content (AvgIpc) is 3.54. The van der Waals surface area contributed by atoms with E-state index in [1.165, 1.54) is 22.3 Å². The van der Waals surface area contributed by atoms with Crippen LogP contribution in [0.5, 0.6) is 5.75 Å². The van der Waals surface area contributed by atoms with Crippen LogP contribution >= 0.6 is 0 Å². The normalized spacial score (nSPS) is 26.7. The molecule has 0 saturated carbocycles. The van der Waals surface area contributed by atoms with Crippen LogP contribution in [0.3, 0.4) is 0 Å². The van der Waals surface area contributed by atoms with Crippen molar-refractivity contribution in [1.29, 1.82) is 0 Å². The summed E-state index contributed by atoms with van der Waals surface area (Å²) in [5, 5.41) is 9.88. The Kier molecular flexibility index (Phi) is 9.15. The van der Waals surface area contributed by atoms with E-state index in [1.54, 1.807) is 17.0 Å². The third kappa shape index (κ3) is 6.23. The predicted octanol–water partition coefficient (Wildman–Crippen LogP) is 6.75. The maximum atomic E-state index is 14.1. The molecular formula is C37H46N2O4. The zero-order chi connectivity index (χ0) is 29.9. The van der Waals surface area contributed by atoms with Gasteiger partial charge < -0.3 is 9.84 Å². The lowest BCUT2D eigenvalue weighted by molar-refractivity contribution is -0.144. The monoisotopic (exact) mass is 582 g/mol. The van der Waals surface area contributed by atoms with Gasteiger partial charge in [0.05, 0.1) is 24.5 Å². The van der Waals surface area contributed by atoms with Crippen LogP contribution in [0.1, 0.15) is 76.3 Å². The quantitative estimate of drug-likeness (QED) is 0.248. The average molecular weight is 583 g/mol. The smallest absolute Gasteiger partial charge is 0.234 e. The number of aromatic hydroxyl groups is 1. The summed E-state index contributed by atoms with van der Waals surface area (Å²) < 4.78 is 6.47. The minimum absolute atomic E-state index is 0.00323. The zero-order valence-electron chi connectivity index (χ0n) is 25.7. The first-order chi connectivity index (χ1) is 21.0. The highest BCUT2D eigenvalue weighted by Gasteiger charge is 2.58. The Morgan fingerprint density at radius 1 is 1.00 bits per heavy atom. The van der Waals surface area contributed by atoms with Crippen molar-refractivity contribution in [2.45, 2.75) is 83.9 Å². The molecule has 0 spiro atoms. The number of phenolic OH excluding ortho intramolecular Hbond substituents is 1. The summed E-state index contributed by atoms with van der Waals surface area (Å²) >= 11 is 0. The Morgan fingerprint density at radius 2 is 1.79 bits per heavy atom. The Balaban J connectivity index is 1.14. The Morgan fingerprint density at radius 3 is 2.51 bits per heavy atom. The van der Waals surface area contributed by atoms with Gasteiger partial charge in [0, 0.05) is 31.6 Å². The standard InChI is InChI=1S/C37H46N2O4/c1-3-9-28-22-31-35(32-24-43-33(34(28)32)15-14-25(4-2)20-27-12-8-13-30(40)21-27)37(42)39(36(31)41)29-16-18-38(19-17-29)23-26-10-6-5-7-11-26/h5-8,10-13,20-21,29,31-33,35,40H,3-4,9,14-19,22-24H2,1-2H3/b25-20+/t31-,32+,33-,35-/m1/s1. The molecule has 6 nitrogen and oxygen atoms in total. The number of phenols is 1. The van der Waals surface area contributed by atoms with Crippen molar-refractivity contribution in [3.8, 4) is 5.75 Å². The van der Waals surface area contributed by atoms with Gasteiger partial charge in [-0.05, 0) is 73.8 Å². The van der Waals surface area contributed by atoms with E-state index in [0.717, 1.165) is 70.1 Å². The number of nitrogens with zero attached hydrogens (tertiary/aromatic N) is 2. The van der Waals surface area contributed by atoms with E-state index >= 15 is 0 Å². The number of carbonyl (C=O) groups is 2. The molecule has 6 heteroatoms. The van der Waals surface area contributed by atoms with Crippen LogP contribution < -0.4 is 0 Å². The molecule has 4 atom stereocenters. The van der Waals surface area contributed by atoms with Gasteiger partial charge in [0.25, 0.3) is 0 Å². The largest absolute Gasteiger partial charge is 0.508 e. The Bertz CT molecular complexity index is 1370. The molecule has 3 aliphatic heterocycles. The molecule has 2 amide bonds. The van der Waals surface area contributed by atoms with Crippen LogP contribution in [-0.4, -0.2) is 58.6 Å². The second-order valence-corrected chi connectivity index (χ2v) is 12.9. The van der Waals surface area contributed by atoms with Gasteiger partial charge in [-0.15, -0.1) is 0 Å². The van der Waals surface area contributed by atoms with Gasteiger partial charge in [-0.2, -0.15) is 0 Å². The second kappa shape index (κ2) is 13.2. The van der Waals surface area contributed by atoms with E-state index in [0.29, 0.717) is 13.0 Å². The van der Waals surface area contributed by atoms with Gasteiger partial charge in [0.15, 0.2) is 0 Å². The third-order valence-corrected chi connectivity index (χ3v) is 10.2. The fourth-order valence-corrected chi connectivity index (χ4v) is 8.09. The Labute approximate surface area is 256 Å². The molecule has 3 fully saturated rings. The van der Waals surface area contributed by atoms with Crippen LogP contribution in [0, 0.1) is 17.8 Å². The highest BCUT2D eigenvalue weighted by atomic mass is 16.5. The second-order valence-electron chi connectivity index (χ2n) is 12.9. The summed E-state index contributed by atoms with van der Waals surface area (Å²) in [7, 11) is 0. The first kappa shape index (κ1) is 29.8. The molecule has 43 heavy (non-hydrogen) atoms. The van der Waals surface area contributed by atoms with Crippen molar-refractivity contribution in [3.05, 3.63) is 82.4 Å².